The molecular formula is C33H52O9. The van der Waals surface area contributed by atoms with E-state index in [-0.39, 0.29) is 34.9 Å². The highest BCUT2D eigenvalue weighted by atomic mass is 16.7. The molecule has 0 aromatic carbocycles. The van der Waals surface area contributed by atoms with Gasteiger partial charge in [-0.2, -0.15) is 0 Å². The molecule has 3 saturated heterocycles. The fourth-order valence-corrected chi connectivity index (χ4v) is 11.5. The highest BCUT2D eigenvalue weighted by molar-refractivity contribution is 5.84. The van der Waals surface area contributed by atoms with Crippen molar-refractivity contribution >= 4 is 5.78 Å². The van der Waals surface area contributed by atoms with Gasteiger partial charge in [0.1, 0.15) is 30.2 Å². The third-order valence-corrected chi connectivity index (χ3v) is 13.7. The second-order valence-electron chi connectivity index (χ2n) is 15.9. The van der Waals surface area contributed by atoms with Gasteiger partial charge in [-0.25, -0.2) is 0 Å². The maximum absolute atomic E-state index is 14.3. The largest absolute Gasteiger partial charge is 0.394 e. The summed E-state index contributed by atoms with van der Waals surface area (Å²) in [5.74, 6) is 2.42. The molecule has 4 N–H and O–H groups in total. The van der Waals surface area contributed by atoms with Crippen molar-refractivity contribution in [2.75, 3.05) is 13.2 Å². The Morgan fingerprint density at radius 2 is 1.74 bits per heavy atom. The number of carbonyl (C=O) groups is 1. The van der Waals surface area contributed by atoms with E-state index in [0.717, 1.165) is 58.0 Å². The molecule has 4 saturated carbocycles. The van der Waals surface area contributed by atoms with Crippen LogP contribution in [0.3, 0.4) is 0 Å². The van der Waals surface area contributed by atoms with E-state index in [4.69, 9.17) is 18.9 Å². The molecule has 7 fully saturated rings. The SMILES string of the molecule is C[C@@H]1CC[C@@]2(OC1)O[C@H]1C[C@H]3[C@@H]4CC[C@H]5C[C@@H](O[C@@H]6O[C@H](CO)[C@H](O)[C@H](O)[C@H]6O)CC[C@]5(C)[C@H]4C(=O)C[C@]3(C)[C@H]1[C@@H]2C. The Morgan fingerprint density at radius 3 is 2.45 bits per heavy atom. The standard InChI is InChI=1S/C33H52O9/c1-16-7-10-33(39-15-16)17(2)25-23(42-33)12-21-20-6-5-18-11-19(40-30-29(38)28(37)27(36)24(14-34)41-30)8-9-31(18,3)26(20)22(35)13-32(21,25)4/h16-21,23-30,34,36-38H,5-15H2,1-4H3/t16-,17+,18+,19+,20+,21+,23+,24-,25+,26-,27+,28+,29-,30-,31+,32+,33-/m1/s1. The van der Waals surface area contributed by atoms with Gasteiger partial charge in [0, 0.05) is 24.7 Å². The Balaban J connectivity index is 1.05. The predicted octanol–water partition coefficient (Wildman–Crippen LogP) is 2.80. The van der Waals surface area contributed by atoms with Crippen LogP contribution < -0.4 is 0 Å². The van der Waals surface area contributed by atoms with Crippen LogP contribution in [-0.4, -0.2) is 88.1 Å². The van der Waals surface area contributed by atoms with Crippen LogP contribution in [0.2, 0.25) is 0 Å². The number of rotatable bonds is 3. The quantitative estimate of drug-likeness (QED) is 0.365. The van der Waals surface area contributed by atoms with Gasteiger partial charge in [-0.3, -0.25) is 4.79 Å². The molecule has 0 aromatic heterocycles. The number of carbonyl (C=O) groups excluding carboxylic acids is 1. The molecule has 3 heterocycles. The molecule has 9 nitrogen and oxygen atoms in total. The van der Waals surface area contributed by atoms with Crippen molar-refractivity contribution in [2.45, 2.75) is 134 Å². The smallest absolute Gasteiger partial charge is 0.186 e. The van der Waals surface area contributed by atoms with Crippen molar-refractivity contribution in [2.24, 2.45) is 52.3 Å². The fraction of sp³-hybridized carbons (Fsp3) is 0.970. The Labute approximate surface area is 249 Å². The fourth-order valence-electron chi connectivity index (χ4n) is 11.5. The molecule has 0 bridgehead atoms. The molecule has 9 heteroatoms. The van der Waals surface area contributed by atoms with E-state index in [0.29, 0.717) is 41.8 Å². The van der Waals surface area contributed by atoms with Crippen molar-refractivity contribution in [3.05, 3.63) is 0 Å². The second-order valence-corrected chi connectivity index (χ2v) is 15.9. The molecule has 1 spiro atoms. The lowest BCUT2D eigenvalue weighted by Gasteiger charge is -2.60. The average molecular weight is 593 g/mol. The highest BCUT2D eigenvalue weighted by Gasteiger charge is 2.70. The molecule has 3 aliphatic heterocycles. The lowest BCUT2D eigenvalue weighted by molar-refractivity contribution is -0.316. The van der Waals surface area contributed by atoms with E-state index in [1.807, 2.05) is 0 Å². The van der Waals surface area contributed by atoms with E-state index in [1.165, 1.54) is 0 Å². The Hall–Kier alpha value is -0.650. The van der Waals surface area contributed by atoms with Gasteiger partial charge in [0.2, 0.25) is 0 Å². The molecule has 0 radical (unpaired) electrons. The summed E-state index contributed by atoms with van der Waals surface area (Å²) in [5.41, 5.74) is -0.143. The summed E-state index contributed by atoms with van der Waals surface area (Å²) in [6, 6.07) is 0. The summed E-state index contributed by atoms with van der Waals surface area (Å²) in [6.45, 7) is 9.57. The summed E-state index contributed by atoms with van der Waals surface area (Å²) in [6.07, 6.45) is 1.88. The monoisotopic (exact) mass is 592 g/mol. The van der Waals surface area contributed by atoms with Crippen LogP contribution in [0.5, 0.6) is 0 Å². The van der Waals surface area contributed by atoms with Gasteiger partial charge in [0.25, 0.3) is 0 Å². The molecular weight excluding hydrogens is 540 g/mol. The molecule has 0 aromatic rings. The maximum atomic E-state index is 14.3. The normalized spacial score (nSPS) is 59.2. The molecule has 17 atom stereocenters. The summed E-state index contributed by atoms with van der Waals surface area (Å²) >= 11 is 0. The van der Waals surface area contributed by atoms with Gasteiger partial charge in [-0.15, -0.1) is 0 Å². The van der Waals surface area contributed by atoms with Crippen LogP contribution in [0, 0.1) is 52.3 Å². The number of aliphatic hydroxyl groups excluding tert-OH is 4. The Kier molecular flexibility index (Phi) is 7.47. The highest BCUT2D eigenvalue weighted by Crippen LogP contribution is 2.70. The molecule has 7 rings (SSSR count). The van der Waals surface area contributed by atoms with Gasteiger partial charge in [-0.1, -0.05) is 27.7 Å². The number of hydrogen-bond donors (Lipinski definition) is 4. The van der Waals surface area contributed by atoms with Crippen LogP contribution in [0.25, 0.3) is 0 Å². The number of aliphatic hydroxyl groups is 4. The zero-order valence-electron chi connectivity index (χ0n) is 25.7. The van der Waals surface area contributed by atoms with Crippen molar-refractivity contribution < 1.29 is 44.2 Å². The lowest BCUT2D eigenvalue weighted by Crippen LogP contribution is -2.61. The average Bonchev–Trinajstić information content (AvgIpc) is 3.40. The van der Waals surface area contributed by atoms with Crippen LogP contribution in [0.4, 0.5) is 0 Å². The summed E-state index contributed by atoms with van der Waals surface area (Å²) < 4.78 is 25.1. The first kappa shape index (κ1) is 30.0. The zero-order chi connectivity index (χ0) is 29.8. The third-order valence-electron chi connectivity index (χ3n) is 13.7. The number of ether oxygens (including phenoxy) is 4. The van der Waals surface area contributed by atoms with Crippen molar-refractivity contribution in [3.8, 4) is 0 Å². The summed E-state index contributed by atoms with van der Waals surface area (Å²) in [4.78, 5) is 14.3. The van der Waals surface area contributed by atoms with Crippen LogP contribution in [0.15, 0.2) is 0 Å². The van der Waals surface area contributed by atoms with E-state index in [1.54, 1.807) is 0 Å². The van der Waals surface area contributed by atoms with Crippen LogP contribution in [0.1, 0.15) is 85.5 Å². The van der Waals surface area contributed by atoms with Gasteiger partial charge in [0.05, 0.1) is 25.4 Å². The van der Waals surface area contributed by atoms with Crippen LogP contribution in [-0.2, 0) is 23.7 Å². The first-order valence-corrected chi connectivity index (χ1v) is 16.7. The molecule has 238 valence electrons. The maximum Gasteiger partial charge on any atom is 0.186 e. The van der Waals surface area contributed by atoms with Crippen LogP contribution >= 0.6 is 0 Å². The van der Waals surface area contributed by atoms with Gasteiger partial charge >= 0.3 is 0 Å². The minimum absolute atomic E-state index is 0.0507. The topological polar surface area (TPSA) is 135 Å². The summed E-state index contributed by atoms with van der Waals surface area (Å²) in [7, 11) is 0. The molecule has 0 amide bonds. The van der Waals surface area contributed by atoms with E-state index in [2.05, 4.69) is 27.7 Å². The molecule has 7 aliphatic rings. The van der Waals surface area contributed by atoms with Crippen molar-refractivity contribution in [1.82, 2.24) is 0 Å². The van der Waals surface area contributed by atoms with E-state index < -0.39 is 43.1 Å². The first-order valence-electron chi connectivity index (χ1n) is 16.7. The van der Waals surface area contributed by atoms with Crippen molar-refractivity contribution in [3.63, 3.8) is 0 Å². The minimum atomic E-state index is -1.44. The number of Topliss-reactive ketones (excluding diaryl/α,β-unsaturated/α-hetero) is 1. The molecule has 0 unspecified atom stereocenters. The van der Waals surface area contributed by atoms with E-state index >= 15 is 0 Å². The van der Waals surface area contributed by atoms with Gasteiger partial charge < -0.3 is 39.4 Å². The third kappa shape index (κ3) is 4.28. The number of hydrogen-bond acceptors (Lipinski definition) is 9. The number of ketones is 1. The summed E-state index contributed by atoms with van der Waals surface area (Å²) in [5, 5.41) is 40.4. The Morgan fingerprint density at radius 1 is 0.952 bits per heavy atom. The minimum Gasteiger partial charge on any atom is -0.394 e. The zero-order valence-corrected chi connectivity index (χ0v) is 25.7. The number of fused-ring (bicyclic) bond motifs is 7. The Bertz CT molecular complexity index is 1040. The lowest BCUT2D eigenvalue weighted by atomic mass is 9.44. The van der Waals surface area contributed by atoms with E-state index in [9.17, 15) is 25.2 Å². The van der Waals surface area contributed by atoms with Gasteiger partial charge in [-0.05, 0) is 85.4 Å². The molecule has 4 aliphatic carbocycles. The second kappa shape index (κ2) is 10.4. The molecule has 42 heavy (non-hydrogen) atoms. The predicted molar refractivity (Wildman–Crippen MR) is 151 cm³/mol. The van der Waals surface area contributed by atoms with Crippen molar-refractivity contribution in [1.29, 1.82) is 0 Å². The first-order chi connectivity index (χ1) is 19.9. The van der Waals surface area contributed by atoms with Gasteiger partial charge in [0.15, 0.2) is 12.1 Å².